The van der Waals surface area contributed by atoms with Crippen LogP contribution in [0, 0.1) is 15.3 Å². The zero-order valence-electron chi connectivity index (χ0n) is 16.4. The minimum Gasteiger partial charge on any atom is -0.616 e. The van der Waals surface area contributed by atoms with Gasteiger partial charge in [0.25, 0.3) is 5.69 Å². The molecule has 0 radical (unpaired) electrons. The van der Waals surface area contributed by atoms with Crippen molar-refractivity contribution in [2.24, 2.45) is 0 Å². The number of aromatic nitrogens is 1. The van der Waals surface area contributed by atoms with Gasteiger partial charge in [-0.3, -0.25) is 10.1 Å². The van der Waals surface area contributed by atoms with Gasteiger partial charge in [0.05, 0.1) is 29.6 Å². The highest BCUT2D eigenvalue weighted by molar-refractivity contribution is 5.84. The van der Waals surface area contributed by atoms with Crippen molar-refractivity contribution in [3.8, 4) is 23.1 Å². The van der Waals surface area contributed by atoms with E-state index < -0.39 is 4.92 Å². The van der Waals surface area contributed by atoms with Crippen molar-refractivity contribution in [1.82, 2.24) is 5.32 Å². The van der Waals surface area contributed by atoms with Gasteiger partial charge in [0.2, 0.25) is 5.52 Å². The summed E-state index contributed by atoms with van der Waals surface area (Å²) >= 11 is 0. The molecule has 0 spiro atoms. The maximum absolute atomic E-state index is 12.7. The fourth-order valence-electron chi connectivity index (χ4n) is 3.42. The molecule has 4 rings (SSSR count). The normalized spacial score (nSPS) is 14.4. The van der Waals surface area contributed by atoms with Gasteiger partial charge in [-0.05, 0) is 50.2 Å². The van der Waals surface area contributed by atoms with Gasteiger partial charge in [-0.15, -0.1) is 4.73 Å². The molecule has 1 fully saturated rings. The number of non-ortho nitro benzene ring substituents is 1. The van der Waals surface area contributed by atoms with Gasteiger partial charge in [0.15, 0.2) is 5.75 Å². The molecular formula is C21H21N3O6. The van der Waals surface area contributed by atoms with Crippen molar-refractivity contribution in [2.75, 3.05) is 20.2 Å². The highest BCUT2D eigenvalue weighted by Gasteiger charge is 2.21. The van der Waals surface area contributed by atoms with E-state index in [1.165, 1.54) is 37.4 Å². The molecule has 2 heterocycles. The Labute approximate surface area is 172 Å². The summed E-state index contributed by atoms with van der Waals surface area (Å²) in [5, 5.41) is 27.4. The van der Waals surface area contributed by atoms with Crippen molar-refractivity contribution in [2.45, 2.75) is 18.9 Å². The highest BCUT2D eigenvalue weighted by atomic mass is 16.6. The smallest absolute Gasteiger partial charge is 0.383 e. The first-order chi connectivity index (χ1) is 14.5. The van der Waals surface area contributed by atoms with E-state index in [0.29, 0.717) is 32.9 Å². The summed E-state index contributed by atoms with van der Waals surface area (Å²) in [7, 11) is 1.40. The second-order valence-electron chi connectivity index (χ2n) is 6.94. The quantitative estimate of drug-likeness (QED) is 0.287. The van der Waals surface area contributed by atoms with Crippen molar-refractivity contribution in [3.05, 3.63) is 63.9 Å². The average Bonchev–Trinajstić information content (AvgIpc) is 2.77. The lowest BCUT2D eigenvalue weighted by Crippen LogP contribution is -2.34. The number of hydrogen-bond acceptors (Lipinski definition) is 7. The molecule has 156 valence electrons. The Kier molecular flexibility index (Phi) is 5.53. The fourth-order valence-corrected chi connectivity index (χ4v) is 3.42. The molecule has 1 aromatic heterocycles. The van der Waals surface area contributed by atoms with Gasteiger partial charge in [-0.1, -0.05) is 0 Å². The molecule has 3 aromatic rings. The van der Waals surface area contributed by atoms with Gasteiger partial charge in [0.1, 0.15) is 17.6 Å². The third kappa shape index (κ3) is 4.06. The van der Waals surface area contributed by atoms with Crippen LogP contribution in [0.15, 0.2) is 48.5 Å². The lowest BCUT2D eigenvalue weighted by atomic mass is 10.1. The summed E-state index contributed by atoms with van der Waals surface area (Å²) < 4.78 is 17.8. The average molecular weight is 411 g/mol. The first-order valence-corrected chi connectivity index (χ1v) is 9.59. The van der Waals surface area contributed by atoms with E-state index in [4.69, 9.17) is 14.2 Å². The van der Waals surface area contributed by atoms with Gasteiger partial charge in [0, 0.05) is 12.1 Å². The summed E-state index contributed by atoms with van der Waals surface area (Å²) in [5.74, 6) is 1.48. The maximum atomic E-state index is 12.7. The molecule has 0 aliphatic carbocycles. The Hall–Kier alpha value is -3.59. The summed E-state index contributed by atoms with van der Waals surface area (Å²) in [4.78, 5) is 10.4. The van der Waals surface area contributed by atoms with Crippen LogP contribution in [-0.4, -0.2) is 31.2 Å². The summed E-state index contributed by atoms with van der Waals surface area (Å²) in [6.45, 7) is 1.81. The SMILES string of the molecule is COc1cc(Oc2ccc([N+](=O)[O-])cc2)c2ccc(OC3CCNCC3)cc2[n+]1[O-]. The van der Waals surface area contributed by atoms with Crippen molar-refractivity contribution in [3.63, 3.8) is 0 Å². The Balaban J connectivity index is 1.68. The molecule has 2 aromatic carbocycles. The lowest BCUT2D eigenvalue weighted by Gasteiger charge is -2.23. The summed E-state index contributed by atoms with van der Waals surface area (Å²) in [6, 6.07) is 12.5. The van der Waals surface area contributed by atoms with Crippen LogP contribution in [0.1, 0.15) is 12.8 Å². The molecule has 0 atom stereocenters. The molecular weight excluding hydrogens is 390 g/mol. The van der Waals surface area contributed by atoms with Crippen LogP contribution < -0.4 is 24.3 Å². The van der Waals surface area contributed by atoms with Crippen LogP contribution in [0.5, 0.6) is 23.1 Å². The molecule has 0 amide bonds. The number of nitrogens with one attached hydrogen (secondary N) is 1. The van der Waals surface area contributed by atoms with Crippen LogP contribution in [-0.2, 0) is 0 Å². The minimum atomic E-state index is -0.477. The van der Waals surface area contributed by atoms with E-state index in [1.807, 2.05) is 0 Å². The number of rotatable bonds is 6. The van der Waals surface area contributed by atoms with E-state index in [2.05, 4.69) is 5.32 Å². The molecule has 9 nitrogen and oxygen atoms in total. The monoisotopic (exact) mass is 411 g/mol. The molecule has 0 bridgehead atoms. The second-order valence-corrected chi connectivity index (χ2v) is 6.94. The second kappa shape index (κ2) is 8.42. The Morgan fingerprint density at radius 2 is 1.77 bits per heavy atom. The number of hydrogen-bond donors (Lipinski definition) is 1. The van der Waals surface area contributed by atoms with Gasteiger partial charge >= 0.3 is 5.88 Å². The van der Waals surface area contributed by atoms with Crippen LogP contribution >= 0.6 is 0 Å². The van der Waals surface area contributed by atoms with Crippen LogP contribution in [0.2, 0.25) is 0 Å². The van der Waals surface area contributed by atoms with E-state index in [9.17, 15) is 15.3 Å². The number of nitrogens with zero attached hydrogens (tertiary/aromatic N) is 2. The Morgan fingerprint density at radius 3 is 2.43 bits per heavy atom. The Bertz CT molecular complexity index is 1060. The van der Waals surface area contributed by atoms with Crippen LogP contribution in [0.3, 0.4) is 0 Å². The fraction of sp³-hybridized carbons (Fsp3) is 0.286. The van der Waals surface area contributed by atoms with Gasteiger partial charge in [-0.25, -0.2) is 0 Å². The van der Waals surface area contributed by atoms with Crippen molar-refractivity contribution in [1.29, 1.82) is 0 Å². The first-order valence-electron chi connectivity index (χ1n) is 9.59. The predicted octanol–water partition coefficient (Wildman–Crippen LogP) is 3.31. The van der Waals surface area contributed by atoms with Gasteiger partial charge in [-0.2, -0.15) is 0 Å². The molecule has 1 aliphatic rings. The zero-order chi connectivity index (χ0) is 21.1. The number of nitro benzene ring substituents is 1. The van der Waals surface area contributed by atoms with Crippen molar-refractivity contribution >= 4 is 16.6 Å². The summed E-state index contributed by atoms with van der Waals surface area (Å²) in [6.07, 6.45) is 1.91. The predicted molar refractivity (Wildman–Crippen MR) is 109 cm³/mol. The van der Waals surface area contributed by atoms with E-state index >= 15 is 0 Å². The highest BCUT2D eigenvalue weighted by Crippen LogP contribution is 2.34. The van der Waals surface area contributed by atoms with E-state index in [1.54, 1.807) is 18.2 Å². The number of pyridine rings is 1. The molecule has 1 N–H and O–H groups in total. The number of fused-ring (bicyclic) bond motifs is 1. The molecule has 0 unspecified atom stereocenters. The molecule has 1 aliphatic heterocycles. The molecule has 0 saturated carbocycles. The zero-order valence-corrected chi connectivity index (χ0v) is 16.4. The standard InChI is InChI=1S/C21H21N3O6/c1-28-21-13-20(30-15-4-2-14(3-5-15)24(26)27)18-7-6-17(12-19(18)23(21)25)29-16-8-10-22-11-9-16/h2-7,12-13,16,22H,8-11H2,1H3. The van der Waals surface area contributed by atoms with E-state index in [0.717, 1.165) is 25.9 Å². The number of benzene rings is 2. The number of ether oxygens (including phenoxy) is 3. The van der Waals surface area contributed by atoms with Gasteiger partial charge < -0.3 is 24.7 Å². The largest absolute Gasteiger partial charge is 0.616 e. The topological polar surface area (TPSA) is 110 Å². The molecule has 30 heavy (non-hydrogen) atoms. The third-order valence-corrected chi connectivity index (χ3v) is 4.98. The van der Waals surface area contributed by atoms with E-state index in [-0.39, 0.29) is 17.7 Å². The Morgan fingerprint density at radius 1 is 1.07 bits per heavy atom. The molecule has 1 saturated heterocycles. The number of piperidine rings is 1. The lowest BCUT2D eigenvalue weighted by molar-refractivity contribution is -0.584. The number of nitro groups is 1. The van der Waals surface area contributed by atoms with Crippen LogP contribution in [0.4, 0.5) is 5.69 Å². The van der Waals surface area contributed by atoms with Crippen molar-refractivity contribution < 1.29 is 23.9 Å². The third-order valence-electron chi connectivity index (χ3n) is 4.98. The number of methoxy groups -OCH3 is 1. The van der Waals surface area contributed by atoms with Crippen LogP contribution in [0.25, 0.3) is 10.9 Å². The first kappa shape index (κ1) is 19.7. The molecule has 9 heteroatoms. The maximum Gasteiger partial charge on any atom is 0.383 e. The summed E-state index contributed by atoms with van der Waals surface area (Å²) in [5.41, 5.74) is 0.313. The minimum absolute atomic E-state index is 0.0325.